The molecule has 194 valence electrons. The quantitative estimate of drug-likeness (QED) is 0.322. The normalized spacial score (nSPS) is 24.3. The van der Waals surface area contributed by atoms with Gasteiger partial charge < -0.3 is 29.9 Å². The predicted octanol–water partition coefficient (Wildman–Crippen LogP) is 5.91. The minimum atomic E-state index is -0.872. The zero-order valence-electron chi connectivity index (χ0n) is 21.2. The second kappa shape index (κ2) is 8.05. The number of ketones is 1. The van der Waals surface area contributed by atoms with E-state index in [-0.39, 0.29) is 39.9 Å². The Labute approximate surface area is 219 Å². The molecule has 38 heavy (non-hydrogen) atoms. The van der Waals surface area contributed by atoms with Crippen LogP contribution in [0.3, 0.4) is 0 Å². The molecule has 0 amide bonds. The number of ether oxygens (including phenoxy) is 2. The third kappa shape index (κ3) is 3.69. The van der Waals surface area contributed by atoms with Gasteiger partial charge in [-0.25, -0.2) is 0 Å². The van der Waals surface area contributed by atoms with Crippen LogP contribution in [0.15, 0.2) is 60.7 Å². The third-order valence-electron chi connectivity index (χ3n) is 7.62. The summed E-state index contributed by atoms with van der Waals surface area (Å²) >= 11 is 0. The van der Waals surface area contributed by atoms with Crippen molar-refractivity contribution in [2.45, 2.75) is 44.3 Å². The lowest BCUT2D eigenvalue weighted by atomic mass is 9.64. The Kier molecular flexibility index (Phi) is 5.08. The molecule has 0 saturated carbocycles. The summed E-state index contributed by atoms with van der Waals surface area (Å²) in [5.74, 6) is -1.21. The molecule has 0 saturated heterocycles. The van der Waals surface area contributed by atoms with Gasteiger partial charge in [-0.2, -0.15) is 0 Å². The van der Waals surface area contributed by atoms with Crippen molar-refractivity contribution in [3.8, 4) is 34.5 Å². The number of fused-ring (bicyclic) bond motifs is 5. The molecule has 0 fully saturated rings. The van der Waals surface area contributed by atoms with Gasteiger partial charge in [-0.3, -0.25) is 4.79 Å². The second-order valence-corrected chi connectivity index (χ2v) is 11.0. The molecule has 0 aromatic heterocycles. The minimum absolute atomic E-state index is 0.0415. The van der Waals surface area contributed by atoms with Crippen LogP contribution in [0.5, 0.6) is 34.5 Å². The van der Waals surface area contributed by atoms with E-state index in [9.17, 15) is 25.2 Å². The Morgan fingerprint density at radius 3 is 2.39 bits per heavy atom. The summed E-state index contributed by atoms with van der Waals surface area (Å²) in [5.41, 5.74) is 0.396. The van der Waals surface area contributed by atoms with Gasteiger partial charge >= 0.3 is 0 Å². The topological polar surface area (TPSA) is 116 Å². The van der Waals surface area contributed by atoms with Crippen molar-refractivity contribution in [2.24, 2.45) is 5.92 Å². The van der Waals surface area contributed by atoms with Crippen LogP contribution >= 0.6 is 0 Å². The number of phenolic OH excluding ortho intramolecular Hbond substituents is 4. The molecule has 3 aromatic rings. The molecule has 7 nitrogen and oxygen atoms in total. The molecule has 4 N–H and O–H groups in total. The van der Waals surface area contributed by atoms with Crippen LogP contribution in [0, 0.1) is 5.92 Å². The molecule has 2 bridgehead atoms. The van der Waals surface area contributed by atoms with E-state index < -0.39 is 23.0 Å². The fraction of sp³-hybridized carbons (Fsp3) is 0.258. The maximum Gasteiger partial charge on any atom is 0.174 e. The molecule has 7 heteroatoms. The highest BCUT2D eigenvalue weighted by molar-refractivity contribution is 6.09. The number of aromatic hydroxyl groups is 4. The first kappa shape index (κ1) is 24.0. The molecule has 6 rings (SSSR count). The number of carbonyl (C=O) groups is 1. The van der Waals surface area contributed by atoms with Gasteiger partial charge in [0.25, 0.3) is 0 Å². The fourth-order valence-electron chi connectivity index (χ4n) is 5.96. The minimum Gasteiger partial charge on any atom is -0.508 e. The molecule has 1 aliphatic carbocycles. The van der Waals surface area contributed by atoms with Crippen LogP contribution in [0.1, 0.15) is 60.2 Å². The number of allylic oxidation sites excluding steroid dienone is 1. The molecule has 0 radical (unpaired) electrons. The Hall–Kier alpha value is -4.39. The van der Waals surface area contributed by atoms with E-state index in [0.717, 1.165) is 5.56 Å². The summed E-state index contributed by atoms with van der Waals surface area (Å²) < 4.78 is 12.2. The van der Waals surface area contributed by atoms with Crippen molar-refractivity contribution < 1.29 is 34.7 Å². The molecular formula is C31H28O7. The summed E-state index contributed by atoms with van der Waals surface area (Å²) in [5, 5.41) is 42.9. The highest BCUT2D eigenvalue weighted by atomic mass is 16.5. The Balaban J connectivity index is 1.55. The Bertz CT molecular complexity index is 1540. The molecule has 3 aliphatic rings. The number of carbonyl (C=O) groups excluding carboxylic acids is 1. The van der Waals surface area contributed by atoms with Crippen LogP contribution in [0.2, 0.25) is 0 Å². The van der Waals surface area contributed by atoms with Gasteiger partial charge in [0, 0.05) is 12.0 Å². The summed E-state index contributed by atoms with van der Waals surface area (Å²) in [4.78, 5) is 14.4. The van der Waals surface area contributed by atoms with Gasteiger partial charge in [0.2, 0.25) is 0 Å². The predicted molar refractivity (Wildman–Crippen MR) is 142 cm³/mol. The SMILES string of the molecule is CC1(C)C=Cc2c(ccc(C(=O)[C@H]3C(c4c(O)cccc4O)=C[C@]4(C)C[C@H]3c3ccc(O)cc3O4)c2O)O1. The third-order valence-corrected chi connectivity index (χ3v) is 7.62. The van der Waals surface area contributed by atoms with Gasteiger partial charge in [0.1, 0.15) is 45.7 Å². The summed E-state index contributed by atoms with van der Waals surface area (Å²) in [6.45, 7) is 5.67. The largest absolute Gasteiger partial charge is 0.508 e. The van der Waals surface area contributed by atoms with Gasteiger partial charge in [0.05, 0.1) is 22.6 Å². The van der Waals surface area contributed by atoms with E-state index >= 15 is 0 Å². The van der Waals surface area contributed by atoms with E-state index in [1.165, 1.54) is 24.3 Å². The van der Waals surface area contributed by atoms with E-state index in [4.69, 9.17) is 9.47 Å². The molecule has 2 aliphatic heterocycles. The lowest BCUT2D eigenvalue weighted by molar-refractivity contribution is 0.0729. The van der Waals surface area contributed by atoms with Crippen LogP contribution in [-0.2, 0) is 0 Å². The summed E-state index contributed by atoms with van der Waals surface area (Å²) in [6.07, 6.45) is 5.78. The summed E-state index contributed by atoms with van der Waals surface area (Å²) in [6, 6.07) is 12.5. The lowest BCUT2D eigenvalue weighted by Gasteiger charge is -2.46. The first-order valence-electron chi connectivity index (χ1n) is 12.5. The molecular weight excluding hydrogens is 484 g/mol. The first-order chi connectivity index (χ1) is 18.0. The molecule has 3 aromatic carbocycles. The zero-order valence-corrected chi connectivity index (χ0v) is 21.2. The van der Waals surface area contributed by atoms with Crippen molar-refractivity contribution in [1.29, 1.82) is 0 Å². The van der Waals surface area contributed by atoms with Crippen LogP contribution in [0.25, 0.3) is 11.6 Å². The maximum atomic E-state index is 14.4. The van der Waals surface area contributed by atoms with Crippen LogP contribution < -0.4 is 9.47 Å². The lowest BCUT2D eigenvalue weighted by Crippen LogP contribution is -2.44. The maximum absolute atomic E-state index is 14.4. The zero-order chi connectivity index (χ0) is 27.0. The van der Waals surface area contributed by atoms with Crippen molar-refractivity contribution in [3.05, 3.63) is 82.9 Å². The summed E-state index contributed by atoms with van der Waals surface area (Å²) in [7, 11) is 0. The van der Waals surface area contributed by atoms with Crippen molar-refractivity contribution in [3.63, 3.8) is 0 Å². The first-order valence-corrected chi connectivity index (χ1v) is 12.5. The number of Topliss-reactive ketones (excluding diaryl/α,β-unsaturated/α-hetero) is 1. The van der Waals surface area contributed by atoms with Crippen molar-refractivity contribution in [2.75, 3.05) is 0 Å². The average Bonchev–Trinajstić information content (AvgIpc) is 2.82. The Morgan fingerprint density at radius 2 is 1.66 bits per heavy atom. The van der Waals surface area contributed by atoms with Gasteiger partial charge in [0.15, 0.2) is 5.78 Å². The molecule has 3 atom stereocenters. The van der Waals surface area contributed by atoms with E-state index in [1.54, 1.807) is 36.4 Å². The highest BCUT2D eigenvalue weighted by Gasteiger charge is 2.49. The standard InChI is InChI=1S/C31H28O7/c1-30(2)12-11-18-24(37-30)10-9-19(28(18)35)29(36)26-20-14-31(3,38-25-13-16(32)7-8-17(20)25)15-21(26)27-22(33)5-4-6-23(27)34/h4-13,15,20,26,32-35H,14H2,1-3H3/t20-,26+,31-/m0/s1. The van der Waals surface area contributed by atoms with Gasteiger partial charge in [-0.15, -0.1) is 0 Å². The van der Waals surface area contributed by atoms with E-state index in [2.05, 4.69) is 0 Å². The molecule has 0 spiro atoms. The van der Waals surface area contributed by atoms with Crippen LogP contribution in [-0.4, -0.2) is 37.4 Å². The number of phenols is 4. The van der Waals surface area contributed by atoms with Crippen molar-refractivity contribution in [1.82, 2.24) is 0 Å². The smallest absolute Gasteiger partial charge is 0.174 e. The van der Waals surface area contributed by atoms with Crippen molar-refractivity contribution >= 4 is 17.4 Å². The number of hydrogen-bond acceptors (Lipinski definition) is 7. The fourth-order valence-corrected chi connectivity index (χ4v) is 5.96. The Morgan fingerprint density at radius 1 is 0.921 bits per heavy atom. The van der Waals surface area contributed by atoms with E-state index in [0.29, 0.717) is 29.1 Å². The van der Waals surface area contributed by atoms with Gasteiger partial charge in [-0.05, 0) is 86.9 Å². The van der Waals surface area contributed by atoms with E-state index in [1.807, 2.05) is 26.8 Å². The second-order valence-electron chi connectivity index (χ2n) is 11.0. The monoisotopic (exact) mass is 512 g/mol. The average molecular weight is 513 g/mol. The number of benzene rings is 3. The number of hydrogen-bond donors (Lipinski definition) is 4. The van der Waals surface area contributed by atoms with Crippen LogP contribution in [0.4, 0.5) is 0 Å². The van der Waals surface area contributed by atoms with Gasteiger partial charge in [-0.1, -0.05) is 12.1 Å². The molecule has 0 unspecified atom stereocenters. The molecule has 2 heterocycles. The highest BCUT2D eigenvalue weighted by Crippen LogP contribution is 2.56. The number of rotatable bonds is 3.